The lowest BCUT2D eigenvalue weighted by molar-refractivity contribution is -0.132. The van der Waals surface area contributed by atoms with Gasteiger partial charge < -0.3 is 19.8 Å². The molecule has 0 saturated carbocycles. The van der Waals surface area contributed by atoms with Gasteiger partial charge in [-0.1, -0.05) is 30.3 Å². The van der Waals surface area contributed by atoms with Crippen LogP contribution < -0.4 is 16.4 Å². The summed E-state index contributed by atoms with van der Waals surface area (Å²) >= 11 is 0. The summed E-state index contributed by atoms with van der Waals surface area (Å²) in [5, 5.41) is 15.4. The first kappa shape index (κ1) is 20.8. The number of aryl methyl sites for hydroxylation is 1. The van der Waals surface area contributed by atoms with Gasteiger partial charge in [0, 0.05) is 26.6 Å². The molecule has 1 aliphatic heterocycles. The first-order chi connectivity index (χ1) is 15.0. The van der Waals surface area contributed by atoms with Gasteiger partial charge in [-0.25, -0.2) is 4.79 Å². The average molecular weight is 420 g/mol. The lowest BCUT2D eigenvalue weighted by atomic mass is 10.0. The number of carbonyl (C=O) groups excluding carboxylic acids is 1. The van der Waals surface area contributed by atoms with E-state index in [1.807, 2.05) is 42.5 Å². The molecular formula is C23H24N4O4. The van der Waals surface area contributed by atoms with Crippen molar-refractivity contribution >= 4 is 17.0 Å². The van der Waals surface area contributed by atoms with Crippen molar-refractivity contribution in [3.8, 4) is 17.2 Å². The predicted octanol–water partition coefficient (Wildman–Crippen LogP) is 1.73. The zero-order valence-corrected chi connectivity index (χ0v) is 17.3. The molecule has 2 aromatic carbocycles. The van der Waals surface area contributed by atoms with E-state index < -0.39 is 17.9 Å². The van der Waals surface area contributed by atoms with E-state index in [-0.39, 0.29) is 5.91 Å². The van der Waals surface area contributed by atoms with Gasteiger partial charge in [0.15, 0.2) is 5.58 Å². The fourth-order valence-corrected chi connectivity index (χ4v) is 3.66. The number of rotatable bonds is 5. The van der Waals surface area contributed by atoms with Gasteiger partial charge in [0.2, 0.25) is 0 Å². The number of nitriles is 1. The lowest BCUT2D eigenvalue weighted by Gasteiger charge is -2.18. The van der Waals surface area contributed by atoms with Crippen molar-refractivity contribution in [2.45, 2.75) is 25.0 Å². The van der Waals surface area contributed by atoms with Crippen molar-refractivity contribution in [2.24, 2.45) is 7.05 Å². The molecule has 2 N–H and O–H groups in total. The number of fused-ring (bicyclic) bond motifs is 1. The minimum Gasteiger partial charge on any atom is -0.408 e. The Morgan fingerprint density at radius 1 is 1.29 bits per heavy atom. The second-order valence-electron chi connectivity index (χ2n) is 7.62. The summed E-state index contributed by atoms with van der Waals surface area (Å²) < 4.78 is 12.3. The van der Waals surface area contributed by atoms with Crippen LogP contribution in [0, 0.1) is 11.3 Å². The molecule has 1 fully saturated rings. The standard InChI is InChI=1S/C23H24N4O4/c1-27-19-8-7-17(12-20(19)31-23(27)29)16-5-3-15(4-6-16)11-18(13-24)26-22(28)21-14-25-9-2-10-30-21/h3-8,12,18,21,25H,2,9-11,14H2,1H3,(H,26,28)/t18-,21-/m0/s1. The van der Waals surface area contributed by atoms with Gasteiger partial charge in [0.25, 0.3) is 5.91 Å². The van der Waals surface area contributed by atoms with Crippen LogP contribution in [0.15, 0.2) is 51.7 Å². The second kappa shape index (κ2) is 9.16. The van der Waals surface area contributed by atoms with Gasteiger partial charge in [-0.2, -0.15) is 5.26 Å². The van der Waals surface area contributed by atoms with Crippen molar-refractivity contribution in [3.63, 3.8) is 0 Å². The summed E-state index contributed by atoms with van der Waals surface area (Å²) in [4.78, 5) is 24.1. The normalized spacial score (nSPS) is 17.6. The van der Waals surface area contributed by atoms with Gasteiger partial charge in [0.1, 0.15) is 12.1 Å². The molecule has 0 unspecified atom stereocenters. The van der Waals surface area contributed by atoms with Crippen molar-refractivity contribution in [1.82, 2.24) is 15.2 Å². The number of benzene rings is 2. The Hall–Kier alpha value is -3.41. The van der Waals surface area contributed by atoms with Crippen molar-refractivity contribution in [3.05, 3.63) is 58.6 Å². The van der Waals surface area contributed by atoms with Crippen molar-refractivity contribution < 1.29 is 13.9 Å². The zero-order chi connectivity index (χ0) is 21.8. The predicted molar refractivity (Wildman–Crippen MR) is 115 cm³/mol. The second-order valence-corrected chi connectivity index (χ2v) is 7.62. The summed E-state index contributed by atoms with van der Waals surface area (Å²) in [5.74, 6) is -0.660. The molecule has 0 spiro atoms. The van der Waals surface area contributed by atoms with E-state index in [0.717, 1.165) is 35.2 Å². The van der Waals surface area contributed by atoms with Crippen LogP contribution in [0.5, 0.6) is 0 Å². The van der Waals surface area contributed by atoms with Crippen LogP contribution in [-0.4, -0.2) is 42.3 Å². The smallest absolute Gasteiger partial charge is 0.408 e. The number of amides is 1. The number of nitrogens with zero attached hydrogens (tertiary/aromatic N) is 2. The average Bonchev–Trinajstić information content (AvgIpc) is 2.95. The molecule has 1 aromatic heterocycles. The molecule has 0 bridgehead atoms. The first-order valence-electron chi connectivity index (χ1n) is 10.3. The Morgan fingerprint density at radius 2 is 2.06 bits per heavy atom. The highest BCUT2D eigenvalue weighted by Crippen LogP contribution is 2.24. The molecule has 2 atom stereocenters. The molecule has 4 rings (SSSR count). The number of ether oxygens (including phenoxy) is 1. The van der Waals surface area contributed by atoms with Crippen molar-refractivity contribution in [2.75, 3.05) is 19.7 Å². The zero-order valence-electron chi connectivity index (χ0n) is 17.3. The van der Waals surface area contributed by atoms with Crippen molar-refractivity contribution in [1.29, 1.82) is 5.26 Å². The molecule has 0 radical (unpaired) electrons. The molecule has 31 heavy (non-hydrogen) atoms. The third-order valence-corrected chi connectivity index (χ3v) is 5.43. The van der Waals surface area contributed by atoms with E-state index in [9.17, 15) is 14.9 Å². The highest BCUT2D eigenvalue weighted by atomic mass is 16.5. The number of hydrogen-bond acceptors (Lipinski definition) is 6. The van der Waals surface area contributed by atoms with Gasteiger partial charge in [0.05, 0.1) is 11.6 Å². The fourth-order valence-electron chi connectivity index (χ4n) is 3.66. The minimum absolute atomic E-state index is 0.268. The summed E-state index contributed by atoms with van der Waals surface area (Å²) in [6.07, 6.45) is 0.685. The molecule has 3 aromatic rings. The largest absolute Gasteiger partial charge is 0.419 e. The lowest BCUT2D eigenvalue weighted by Crippen LogP contribution is -2.46. The Labute approximate surface area is 179 Å². The fraction of sp³-hybridized carbons (Fsp3) is 0.348. The quantitative estimate of drug-likeness (QED) is 0.651. The van der Waals surface area contributed by atoms with Gasteiger partial charge in [-0.15, -0.1) is 0 Å². The van der Waals surface area contributed by atoms with Crippen LogP contribution in [0.3, 0.4) is 0 Å². The van der Waals surface area contributed by atoms with E-state index in [2.05, 4.69) is 16.7 Å². The molecule has 1 amide bonds. The maximum Gasteiger partial charge on any atom is 0.419 e. The topological polar surface area (TPSA) is 109 Å². The summed E-state index contributed by atoms with van der Waals surface area (Å²) in [6.45, 7) is 1.80. The molecule has 160 valence electrons. The SMILES string of the molecule is Cn1c(=O)oc2cc(-c3ccc(C[C@@H](C#N)NC(=O)[C@@H]4CNCCCO4)cc3)ccc21. The summed E-state index contributed by atoms with van der Waals surface area (Å²) in [5.41, 5.74) is 4.11. The molecule has 1 aliphatic rings. The third-order valence-electron chi connectivity index (χ3n) is 5.43. The van der Waals surface area contributed by atoms with Crippen LogP contribution in [0.2, 0.25) is 0 Å². The number of oxazole rings is 1. The summed E-state index contributed by atoms with van der Waals surface area (Å²) in [7, 11) is 1.67. The number of nitrogens with one attached hydrogen (secondary N) is 2. The van der Waals surface area contributed by atoms with E-state index in [0.29, 0.717) is 25.2 Å². The monoisotopic (exact) mass is 420 g/mol. The van der Waals surface area contributed by atoms with Crippen LogP contribution in [-0.2, 0) is 23.0 Å². The Bertz CT molecular complexity index is 1160. The molecular weight excluding hydrogens is 396 g/mol. The minimum atomic E-state index is -0.639. The summed E-state index contributed by atoms with van der Waals surface area (Å²) in [6, 6.07) is 14.9. The highest BCUT2D eigenvalue weighted by Gasteiger charge is 2.23. The van der Waals surface area contributed by atoms with Crippen LogP contribution in [0.4, 0.5) is 0 Å². The highest BCUT2D eigenvalue weighted by molar-refractivity contribution is 5.82. The van der Waals surface area contributed by atoms with Gasteiger partial charge in [-0.3, -0.25) is 9.36 Å². The van der Waals surface area contributed by atoms with E-state index in [1.54, 1.807) is 7.05 Å². The maximum absolute atomic E-state index is 12.4. The van der Waals surface area contributed by atoms with E-state index in [4.69, 9.17) is 9.15 Å². The maximum atomic E-state index is 12.4. The van der Waals surface area contributed by atoms with Crippen LogP contribution in [0.25, 0.3) is 22.2 Å². The Balaban J connectivity index is 1.43. The molecule has 0 aliphatic carbocycles. The molecule has 1 saturated heterocycles. The first-order valence-corrected chi connectivity index (χ1v) is 10.3. The van der Waals surface area contributed by atoms with Gasteiger partial charge in [-0.05, 0) is 41.8 Å². The van der Waals surface area contributed by atoms with Crippen LogP contribution >= 0.6 is 0 Å². The van der Waals surface area contributed by atoms with Crippen LogP contribution in [0.1, 0.15) is 12.0 Å². The van der Waals surface area contributed by atoms with Gasteiger partial charge >= 0.3 is 5.76 Å². The Morgan fingerprint density at radius 3 is 2.84 bits per heavy atom. The molecule has 8 nitrogen and oxygen atoms in total. The number of carbonyl (C=O) groups is 1. The van der Waals surface area contributed by atoms with E-state index in [1.165, 1.54) is 4.57 Å². The van der Waals surface area contributed by atoms with E-state index >= 15 is 0 Å². The Kier molecular flexibility index (Phi) is 6.16. The number of hydrogen-bond donors (Lipinski definition) is 2. The third kappa shape index (κ3) is 4.68. The number of aromatic nitrogens is 1. The molecule has 2 heterocycles. The molecule has 8 heteroatoms.